The van der Waals surface area contributed by atoms with E-state index in [9.17, 15) is 0 Å². The highest BCUT2D eigenvalue weighted by atomic mass is 127. The van der Waals surface area contributed by atoms with E-state index in [2.05, 4.69) is 51.0 Å². The van der Waals surface area contributed by atoms with Gasteiger partial charge in [0.1, 0.15) is 0 Å². The van der Waals surface area contributed by atoms with E-state index in [1.54, 1.807) is 0 Å². The molecule has 3 nitrogen and oxygen atoms in total. The Morgan fingerprint density at radius 1 is 1.24 bits per heavy atom. The van der Waals surface area contributed by atoms with Crippen molar-refractivity contribution in [2.24, 2.45) is 16.1 Å². The molecular formula is C16H27ClIN3. The Bertz CT molecular complexity index is 479. The van der Waals surface area contributed by atoms with Gasteiger partial charge < -0.3 is 11.1 Å². The molecular weight excluding hydrogens is 397 g/mol. The second-order valence-electron chi connectivity index (χ2n) is 7.05. The summed E-state index contributed by atoms with van der Waals surface area (Å²) < 4.78 is 0. The van der Waals surface area contributed by atoms with Crippen molar-refractivity contribution in [1.29, 1.82) is 0 Å². The van der Waals surface area contributed by atoms with Crippen LogP contribution in [-0.4, -0.2) is 18.0 Å². The molecule has 21 heavy (non-hydrogen) atoms. The molecule has 5 heteroatoms. The van der Waals surface area contributed by atoms with E-state index in [1.165, 1.54) is 5.56 Å². The topological polar surface area (TPSA) is 50.4 Å². The maximum atomic E-state index is 6.02. The van der Waals surface area contributed by atoms with E-state index in [1.807, 2.05) is 18.2 Å². The standard InChI is InChI=1S/C16H26ClN3.HI/c1-15(2,3)20-14(18)19-11-16(4,5)10-12-7-6-8-13(17)9-12;/h6-9H,10-11H2,1-5H3,(H3,18,19,20);1H. The lowest BCUT2D eigenvalue weighted by Gasteiger charge is -2.25. The van der Waals surface area contributed by atoms with Gasteiger partial charge in [0.25, 0.3) is 0 Å². The van der Waals surface area contributed by atoms with Gasteiger partial charge in [0.15, 0.2) is 5.96 Å². The third-order valence-electron chi connectivity index (χ3n) is 2.75. The smallest absolute Gasteiger partial charge is 0.189 e. The predicted octanol–water partition coefficient (Wildman–Crippen LogP) is 4.23. The molecule has 0 saturated heterocycles. The normalized spacial score (nSPS) is 12.8. The maximum absolute atomic E-state index is 6.02. The summed E-state index contributed by atoms with van der Waals surface area (Å²) in [6.07, 6.45) is 0.917. The number of hydrogen-bond acceptors (Lipinski definition) is 1. The number of hydrogen-bond donors (Lipinski definition) is 2. The van der Waals surface area contributed by atoms with Crippen LogP contribution in [0.5, 0.6) is 0 Å². The van der Waals surface area contributed by atoms with Crippen LogP contribution >= 0.6 is 35.6 Å². The van der Waals surface area contributed by atoms with Gasteiger partial charge in [-0.15, -0.1) is 24.0 Å². The molecule has 0 aliphatic rings. The first-order valence-corrected chi connectivity index (χ1v) is 7.28. The summed E-state index contributed by atoms with van der Waals surface area (Å²) in [5.41, 5.74) is 7.10. The Balaban J connectivity index is 0.00000400. The molecule has 0 bridgehead atoms. The third-order valence-corrected chi connectivity index (χ3v) is 2.99. The first-order chi connectivity index (χ1) is 9.07. The summed E-state index contributed by atoms with van der Waals surface area (Å²) in [5, 5.41) is 3.95. The lowest BCUT2D eigenvalue weighted by Crippen LogP contribution is -2.45. The van der Waals surface area contributed by atoms with Crippen LogP contribution in [0.2, 0.25) is 5.02 Å². The fourth-order valence-electron chi connectivity index (χ4n) is 1.98. The van der Waals surface area contributed by atoms with Gasteiger partial charge >= 0.3 is 0 Å². The Hall–Kier alpha value is -0.490. The average Bonchev–Trinajstić information content (AvgIpc) is 2.23. The molecule has 0 unspecified atom stereocenters. The molecule has 0 radical (unpaired) electrons. The summed E-state index contributed by atoms with van der Waals surface area (Å²) in [5.74, 6) is 0.497. The van der Waals surface area contributed by atoms with Gasteiger partial charge in [0.05, 0.1) is 0 Å². The minimum absolute atomic E-state index is 0. The minimum atomic E-state index is -0.0648. The molecule has 0 aromatic heterocycles. The highest BCUT2D eigenvalue weighted by Gasteiger charge is 2.19. The molecule has 0 saturated carbocycles. The van der Waals surface area contributed by atoms with Crippen molar-refractivity contribution in [2.45, 2.75) is 46.6 Å². The largest absolute Gasteiger partial charge is 0.370 e. The lowest BCUT2D eigenvalue weighted by molar-refractivity contribution is 0.376. The summed E-state index contributed by atoms with van der Waals surface area (Å²) in [4.78, 5) is 4.45. The Morgan fingerprint density at radius 3 is 2.38 bits per heavy atom. The van der Waals surface area contributed by atoms with Crippen LogP contribution in [-0.2, 0) is 6.42 Å². The first-order valence-electron chi connectivity index (χ1n) is 6.90. The number of rotatable bonds is 4. The molecule has 0 amide bonds. The van der Waals surface area contributed by atoms with Crippen molar-refractivity contribution in [3.05, 3.63) is 34.9 Å². The molecule has 0 atom stereocenters. The lowest BCUT2D eigenvalue weighted by atomic mass is 9.86. The maximum Gasteiger partial charge on any atom is 0.189 e. The number of benzene rings is 1. The van der Waals surface area contributed by atoms with Crippen molar-refractivity contribution in [1.82, 2.24) is 5.32 Å². The van der Waals surface area contributed by atoms with Crippen LogP contribution in [0, 0.1) is 5.41 Å². The van der Waals surface area contributed by atoms with Crippen molar-refractivity contribution < 1.29 is 0 Å². The molecule has 0 spiro atoms. The number of halogens is 2. The zero-order chi connectivity index (χ0) is 15.4. The number of nitrogens with two attached hydrogens (primary N) is 1. The highest BCUT2D eigenvalue weighted by Crippen LogP contribution is 2.23. The number of aliphatic imine (C=N–C) groups is 1. The van der Waals surface area contributed by atoms with Gasteiger partial charge in [0, 0.05) is 17.1 Å². The van der Waals surface area contributed by atoms with E-state index in [4.69, 9.17) is 17.3 Å². The van der Waals surface area contributed by atoms with Crippen molar-refractivity contribution in [3.63, 3.8) is 0 Å². The van der Waals surface area contributed by atoms with Gasteiger partial charge in [-0.25, -0.2) is 0 Å². The Labute approximate surface area is 150 Å². The van der Waals surface area contributed by atoms with Crippen LogP contribution in [0.3, 0.4) is 0 Å². The summed E-state index contributed by atoms with van der Waals surface area (Å²) in [7, 11) is 0. The Kier molecular flexibility index (Phi) is 8.03. The highest BCUT2D eigenvalue weighted by molar-refractivity contribution is 14.0. The van der Waals surface area contributed by atoms with Crippen molar-refractivity contribution in [3.8, 4) is 0 Å². The van der Waals surface area contributed by atoms with Crippen LogP contribution in [0.15, 0.2) is 29.3 Å². The average molecular weight is 424 g/mol. The number of guanidine groups is 1. The zero-order valence-electron chi connectivity index (χ0n) is 13.5. The van der Waals surface area contributed by atoms with E-state index in [-0.39, 0.29) is 34.9 Å². The third kappa shape index (κ3) is 9.19. The van der Waals surface area contributed by atoms with Gasteiger partial charge in [-0.1, -0.05) is 37.6 Å². The molecule has 0 aliphatic carbocycles. The molecule has 0 aliphatic heterocycles. The second-order valence-corrected chi connectivity index (χ2v) is 7.48. The van der Waals surface area contributed by atoms with Crippen LogP contribution in [0.1, 0.15) is 40.2 Å². The number of nitrogens with one attached hydrogen (secondary N) is 1. The zero-order valence-corrected chi connectivity index (χ0v) is 16.6. The predicted molar refractivity (Wildman–Crippen MR) is 104 cm³/mol. The molecule has 120 valence electrons. The van der Waals surface area contributed by atoms with Gasteiger partial charge in [-0.3, -0.25) is 4.99 Å². The van der Waals surface area contributed by atoms with Gasteiger partial charge in [-0.05, 0) is 50.3 Å². The van der Waals surface area contributed by atoms with E-state index in [0.717, 1.165) is 11.4 Å². The fraction of sp³-hybridized carbons (Fsp3) is 0.562. The quantitative estimate of drug-likeness (QED) is 0.432. The van der Waals surface area contributed by atoms with Gasteiger partial charge in [-0.2, -0.15) is 0 Å². The number of nitrogens with zero attached hydrogens (tertiary/aromatic N) is 1. The Morgan fingerprint density at radius 2 is 1.86 bits per heavy atom. The fourth-order valence-corrected chi connectivity index (χ4v) is 2.19. The molecule has 0 heterocycles. The molecule has 1 aromatic rings. The summed E-state index contributed by atoms with van der Waals surface area (Å²) in [6, 6.07) is 7.96. The van der Waals surface area contributed by atoms with Crippen molar-refractivity contribution >= 4 is 41.5 Å². The molecule has 1 aromatic carbocycles. The van der Waals surface area contributed by atoms with E-state index in [0.29, 0.717) is 12.5 Å². The summed E-state index contributed by atoms with van der Waals surface area (Å²) >= 11 is 6.02. The monoisotopic (exact) mass is 423 g/mol. The molecule has 0 fully saturated rings. The van der Waals surface area contributed by atoms with Crippen LogP contribution in [0.25, 0.3) is 0 Å². The van der Waals surface area contributed by atoms with E-state index < -0.39 is 0 Å². The molecule has 3 N–H and O–H groups in total. The minimum Gasteiger partial charge on any atom is -0.370 e. The summed E-state index contributed by atoms with van der Waals surface area (Å²) in [6.45, 7) is 11.2. The molecule has 1 rings (SSSR count). The first kappa shape index (κ1) is 20.5. The van der Waals surface area contributed by atoms with Gasteiger partial charge in [0.2, 0.25) is 0 Å². The second kappa shape index (κ2) is 8.22. The van der Waals surface area contributed by atoms with Crippen molar-refractivity contribution in [2.75, 3.05) is 6.54 Å². The van der Waals surface area contributed by atoms with Crippen LogP contribution < -0.4 is 11.1 Å². The van der Waals surface area contributed by atoms with Crippen LogP contribution in [0.4, 0.5) is 0 Å². The van der Waals surface area contributed by atoms with E-state index >= 15 is 0 Å². The SMILES string of the molecule is CC(C)(CN=C(N)NC(C)(C)C)Cc1cccc(Cl)c1.I.